The second kappa shape index (κ2) is 8.23. The number of halogens is 2. The Labute approximate surface area is 154 Å². The summed E-state index contributed by atoms with van der Waals surface area (Å²) in [5.74, 6) is -0.383. The molecule has 0 radical (unpaired) electrons. The third-order valence-electron chi connectivity index (χ3n) is 3.59. The van der Waals surface area contributed by atoms with E-state index in [1.54, 1.807) is 12.1 Å². The molecular formula is C19H16ClFN2OS. The highest BCUT2D eigenvalue weighted by Crippen LogP contribution is 2.24. The van der Waals surface area contributed by atoms with Crippen LogP contribution >= 0.6 is 22.9 Å². The van der Waals surface area contributed by atoms with Gasteiger partial charge >= 0.3 is 0 Å². The van der Waals surface area contributed by atoms with E-state index in [0.717, 1.165) is 17.5 Å². The highest BCUT2D eigenvalue weighted by atomic mass is 35.5. The molecule has 6 heteroatoms. The molecule has 1 amide bonds. The lowest BCUT2D eigenvalue weighted by Crippen LogP contribution is -2.27. The lowest BCUT2D eigenvalue weighted by atomic mass is 10.1. The van der Waals surface area contributed by atoms with Gasteiger partial charge in [0.1, 0.15) is 10.8 Å². The molecule has 25 heavy (non-hydrogen) atoms. The molecule has 0 saturated heterocycles. The van der Waals surface area contributed by atoms with Gasteiger partial charge in [-0.15, -0.1) is 11.3 Å². The lowest BCUT2D eigenvalue weighted by molar-refractivity contribution is -0.120. The number of nitrogens with one attached hydrogen (secondary N) is 1. The van der Waals surface area contributed by atoms with E-state index >= 15 is 0 Å². The molecule has 1 aromatic heterocycles. The van der Waals surface area contributed by atoms with Crippen LogP contribution in [0.2, 0.25) is 5.02 Å². The van der Waals surface area contributed by atoms with Crippen LogP contribution in [0, 0.1) is 5.82 Å². The summed E-state index contributed by atoms with van der Waals surface area (Å²) in [5, 5.41) is 6.11. The molecular weight excluding hydrogens is 359 g/mol. The van der Waals surface area contributed by atoms with Crippen molar-refractivity contribution in [2.75, 3.05) is 6.54 Å². The Kier molecular flexibility index (Phi) is 5.79. The van der Waals surface area contributed by atoms with Crippen LogP contribution in [-0.2, 0) is 17.6 Å². The standard InChI is InChI=1S/C19H16ClFN2OS/c20-15-5-1-3-13(9-15)7-8-22-18(24)11-17-12-25-19(23-17)14-4-2-6-16(21)10-14/h1-6,9-10,12H,7-8,11H2,(H,22,24). The van der Waals surface area contributed by atoms with Gasteiger partial charge in [-0.2, -0.15) is 0 Å². The van der Waals surface area contributed by atoms with Crippen molar-refractivity contribution < 1.29 is 9.18 Å². The predicted molar refractivity (Wildman–Crippen MR) is 99.4 cm³/mol. The minimum atomic E-state index is -0.298. The summed E-state index contributed by atoms with van der Waals surface area (Å²) in [4.78, 5) is 16.4. The molecule has 2 aromatic carbocycles. The molecule has 0 saturated carbocycles. The minimum Gasteiger partial charge on any atom is -0.355 e. The van der Waals surface area contributed by atoms with Crippen molar-refractivity contribution in [1.82, 2.24) is 10.3 Å². The Morgan fingerprint density at radius 3 is 2.84 bits per heavy atom. The first-order chi connectivity index (χ1) is 12.1. The van der Waals surface area contributed by atoms with Crippen molar-refractivity contribution in [2.45, 2.75) is 12.8 Å². The van der Waals surface area contributed by atoms with Gasteiger partial charge in [-0.1, -0.05) is 35.9 Å². The summed E-state index contributed by atoms with van der Waals surface area (Å²) in [6.45, 7) is 0.542. The molecule has 1 heterocycles. The van der Waals surface area contributed by atoms with E-state index in [-0.39, 0.29) is 18.1 Å². The number of hydrogen-bond donors (Lipinski definition) is 1. The number of hydrogen-bond acceptors (Lipinski definition) is 3. The number of nitrogens with zero attached hydrogens (tertiary/aromatic N) is 1. The predicted octanol–water partition coefficient (Wildman–Crippen LogP) is 4.50. The second-order valence-electron chi connectivity index (χ2n) is 5.56. The fourth-order valence-corrected chi connectivity index (χ4v) is 3.44. The van der Waals surface area contributed by atoms with Gasteiger partial charge < -0.3 is 5.32 Å². The van der Waals surface area contributed by atoms with Gasteiger partial charge in [-0.05, 0) is 36.2 Å². The van der Waals surface area contributed by atoms with E-state index in [2.05, 4.69) is 10.3 Å². The lowest BCUT2D eigenvalue weighted by Gasteiger charge is -2.04. The molecule has 0 spiro atoms. The van der Waals surface area contributed by atoms with Crippen molar-refractivity contribution in [3.8, 4) is 10.6 Å². The van der Waals surface area contributed by atoms with Crippen LogP contribution in [0.3, 0.4) is 0 Å². The average Bonchev–Trinajstić information content (AvgIpc) is 3.03. The fraction of sp³-hybridized carbons (Fsp3) is 0.158. The monoisotopic (exact) mass is 374 g/mol. The molecule has 0 fully saturated rings. The SMILES string of the molecule is O=C(Cc1csc(-c2cccc(F)c2)n1)NCCc1cccc(Cl)c1. The third kappa shape index (κ3) is 5.11. The van der Waals surface area contributed by atoms with E-state index in [1.165, 1.54) is 23.5 Å². The zero-order valence-electron chi connectivity index (χ0n) is 13.3. The molecule has 0 unspecified atom stereocenters. The maximum absolute atomic E-state index is 13.3. The first-order valence-corrected chi connectivity index (χ1v) is 9.07. The van der Waals surface area contributed by atoms with Crippen LogP contribution in [0.4, 0.5) is 4.39 Å². The smallest absolute Gasteiger partial charge is 0.226 e. The van der Waals surface area contributed by atoms with Crippen LogP contribution in [0.15, 0.2) is 53.9 Å². The highest BCUT2D eigenvalue weighted by molar-refractivity contribution is 7.13. The van der Waals surface area contributed by atoms with Crippen molar-refractivity contribution in [3.05, 3.63) is 76.0 Å². The molecule has 0 atom stereocenters. The summed E-state index contributed by atoms with van der Waals surface area (Å²) in [5.41, 5.74) is 2.48. The largest absolute Gasteiger partial charge is 0.355 e. The van der Waals surface area contributed by atoms with Crippen molar-refractivity contribution in [2.24, 2.45) is 0 Å². The molecule has 3 aromatic rings. The average molecular weight is 375 g/mol. The maximum Gasteiger partial charge on any atom is 0.226 e. The Hall–Kier alpha value is -2.24. The normalized spacial score (nSPS) is 10.6. The highest BCUT2D eigenvalue weighted by Gasteiger charge is 2.09. The Morgan fingerprint density at radius 1 is 1.20 bits per heavy atom. The van der Waals surface area contributed by atoms with Gasteiger partial charge in [0.05, 0.1) is 12.1 Å². The van der Waals surface area contributed by atoms with Gasteiger partial charge in [0.25, 0.3) is 0 Å². The summed E-state index contributed by atoms with van der Waals surface area (Å²) in [7, 11) is 0. The van der Waals surface area contributed by atoms with E-state index in [9.17, 15) is 9.18 Å². The Balaban J connectivity index is 1.51. The van der Waals surface area contributed by atoms with Gasteiger partial charge in [-0.25, -0.2) is 9.37 Å². The van der Waals surface area contributed by atoms with E-state index in [1.807, 2.05) is 29.6 Å². The summed E-state index contributed by atoms with van der Waals surface area (Å²) in [6, 6.07) is 13.9. The number of aromatic nitrogens is 1. The number of benzene rings is 2. The summed E-state index contributed by atoms with van der Waals surface area (Å²) in [6.07, 6.45) is 0.930. The van der Waals surface area contributed by atoms with Crippen LogP contribution < -0.4 is 5.32 Å². The Bertz CT molecular complexity index is 881. The second-order valence-corrected chi connectivity index (χ2v) is 6.86. The van der Waals surface area contributed by atoms with Crippen LogP contribution in [0.1, 0.15) is 11.3 Å². The van der Waals surface area contributed by atoms with Crippen molar-refractivity contribution >= 4 is 28.8 Å². The topological polar surface area (TPSA) is 42.0 Å². The van der Waals surface area contributed by atoms with Crippen LogP contribution in [0.5, 0.6) is 0 Å². The summed E-state index contributed by atoms with van der Waals surface area (Å²) >= 11 is 7.34. The quantitative estimate of drug-likeness (QED) is 0.690. The number of thiazole rings is 1. The third-order valence-corrected chi connectivity index (χ3v) is 4.77. The molecule has 0 aliphatic carbocycles. The van der Waals surface area contributed by atoms with Crippen molar-refractivity contribution in [1.29, 1.82) is 0 Å². The van der Waals surface area contributed by atoms with Gasteiger partial charge in [0.15, 0.2) is 0 Å². The van der Waals surface area contributed by atoms with Crippen LogP contribution in [-0.4, -0.2) is 17.4 Å². The molecule has 3 rings (SSSR count). The molecule has 128 valence electrons. The molecule has 0 bridgehead atoms. The van der Waals surface area contributed by atoms with Gasteiger partial charge in [-0.3, -0.25) is 4.79 Å². The zero-order valence-corrected chi connectivity index (χ0v) is 14.9. The Morgan fingerprint density at radius 2 is 2.04 bits per heavy atom. The first kappa shape index (κ1) is 17.6. The fourth-order valence-electron chi connectivity index (χ4n) is 2.41. The van der Waals surface area contributed by atoms with Crippen molar-refractivity contribution in [3.63, 3.8) is 0 Å². The molecule has 1 N–H and O–H groups in total. The van der Waals surface area contributed by atoms with E-state index in [4.69, 9.17) is 11.6 Å². The summed E-state index contributed by atoms with van der Waals surface area (Å²) < 4.78 is 13.3. The number of amides is 1. The van der Waals surface area contributed by atoms with Gasteiger partial charge in [0.2, 0.25) is 5.91 Å². The maximum atomic E-state index is 13.3. The van der Waals surface area contributed by atoms with E-state index < -0.39 is 0 Å². The number of carbonyl (C=O) groups excluding carboxylic acids is 1. The zero-order chi connectivity index (χ0) is 17.6. The van der Waals surface area contributed by atoms with Gasteiger partial charge in [0, 0.05) is 22.5 Å². The molecule has 0 aliphatic rings. The minimum absolute atomic E-state index is 0.0851. The van der Waals surface area contributed by atoms with E-state index in [0.29, 0.717) is 22.3 Å². The molecule has 0 aliphatic heterocycles. The first-order valence-electron chi connectivity index (χ1n) is 7.81. The molecule has 3 nitrogen and oxygen atoms in total. The van der Waals surface area contributed by atoms with Crippen LogP contribution in [0.25, 0.3) is 10.6 Å². The number of rotatable bonds is 6. The number of carbonyl (C=O) groups is 1.